The van der Waals surface area contributed by atoms with Gasteiger partial charge in [0.1, 0.15) is 0 Å². The first-order valence-corrected chi connectivity index (χ1v) is 5.59. The highest BCUT2D eigenvalue weighted by atomic mass is 14.8. The Morgan fingerprint density at radius 2 is 1.62 bits per heavy atom. The molecule has 0 fully saturated rings. The van der Waals surface area contributed by atoms with Gasteiger partial charge in [0.25, 0.3) is 0 Å². The molecule has 1 heterocycles. The van der Waals surface area contributed by atoms with E-state index < -0.39 is 0 Å². The molecule has 0 bridgehead atoms. The fraction of sp³-hybridized carbons (Fsp3) is 0.214. The third kappa shape index (κ3) is 3.48. The summed E-state index contributed by atoms with van der Waals surface area (Å²) in [5, 5.41) is 3.42. The molecule has 1 N–H and O–H groups in total. The van der Waals surface area contributed by atoms with Crippen LogP contribution in [0.2, 0.25) is 0 Å². The Balaban J connectivity index is 1.70. The zero-order valence-electron chi connectivity index (χ0n) is 9.26. The van der Waals surface area contributed by atoms with E-state index >= 15 is 0 Å². The second-order valence-corrected chi connectivity index (χ2v) is 3.77. The van der Waals surface area contributed by atoms with Crippen LogP contribution in [-0.4, -0.2) is 11.5 Å². The summed E-state index contributed by atoms with van der Waals surface area (Å²) < 4.78 is 0. The van der Waals surface area contributed by atoms with Crippen LogP contribution in [0.4, 0.5) is 0 Å². The molecule has 2 nitrogen and oxygen atoms in total. The molecule has 0 radical (unpaired) electrons. The van der Waals surface area contributed by atoms with Crippen LogP contribution in [0.5, 0.6) is 0 Å². The van der Waals surface area contributed by atoms with E-state index in [0.29, 0.717) is 0 Å². The molecule has 0 saturated carbocycles. The van der Waals surface area contributed by atoms with E-state index in [0.717, 1.165) is 19.5 Å². The first-order chi connectivity index (χ1) is 7.95. The predicted octanol–water partition coefficient (Wildman–Crippen LogP) is 2.41. The molecule has 0 unspecified atom stereocenters. The Kier molecular flexibility index (Phi) is 4.08. The summed E-state index contributed by atoms with van der Waals surface area (Å²) in [5.74, 6) is 0. The number of hydrogen-bond acceptors (Lipinski definition) is 2. The zero-order valence-corrected chi connectivity index (χ0v) is 9.26. The molecular weight excluding hydrogens is 196 g/mol. The zero-order chi connectivity index (χ0) is 11.1. The summed E-state index contributed by atoms with van der Waals surface area (Å²) in [5.41, 5.74) is 2.66. The van der Waals surface area contributed by atoms with Gasteiger partial charge in [0.15, 0.2) is 0 Å². The predicted molar refractivity (Wildman–Crippen MR) is 66.1 cm³/mol. The van der Waals surface area contributed by atoms with Crippen LogP contribution in [0.3, 0.4) is 0 Å². The molecule has 0 spiro atoms. The molecule has 1 aromatic carbocycles. The third-order valence-electron chi connectivity index (χ3n) is 2.51. The fourth-order valence-electron chi connectivity index (χ4n) is 1.61. The number of nitrogens with zero attached hydrogens (tertiary/aromatic N) is 1. The smallest absolute Gasteiger partial charge is 0.0271 e. The molecule has 0 aliphatic rings. The summed E-state index contributed by atoms with van der Waals surface area (Å²) in [6.45, 7) is 1.92. The lowest BCUT2D eigenvalue weighted by molar-refractivity contribution is 0.686. The Labute approximate surface area is 96.4 Å². The van der Waals surface area contributed by atoms with Crippen molar-refractivity contribution in [3.05, 3.63) is 66.0 Å². The maximum absolute atomic E-state index is 3.99. The number of aromatic nitrogens is 1. The second kappa shape index (κ2) is 6.03. The van der Waals surface area contributed by atoms with E-state index in [9.17, 15) is 0 Å². The van der Waals surface area contributed by atoms with E-state index in [4.69, 9.17) is 0 Å². The average molecular weight is 212 g/mol. The number of hydrogen-bond donors (Lipinski definition) is 1. The number of nitrogens with one attached hydrogen (secondary N) is 1. The van der Waals surface area contributed by atoms with Crippen LogP contribution in [0, 0.1) is 0 Å². The van der Waals surface area contributed by atoms with Gasteiger partial charge in [-0.3, -0.25) is 4.98 Å². The molecule has 2 aromatic rings. The maximum Gasteiger partial charge on any atom is 0.0271 e. The summed E-state index contributed by atoms with van der Waals surface area (Å²) in [6, 6.07) is 14.6. The van der Waals surface area contributed by atoms with Gasteiger partial charge in [0, 0.05) is 18.9 Å². The number of rotatable bonds is 5. The van der Waals surface area contributed by atoms with Crippen LogP contribution in [0.25, 0.3) is 0 Å². The van der Waals surface area contributed by atoms with E-state index in [1.165, 1.54) is 11.1 Å². The standard InChI is InChI=1S/C14H16N2/c1-2-4-13(5-3-1)6-11-16-12-14-7-9-15-10-8-14/h1-5,7-10,16H,6,11-12H2. The van der Waals surface area contributed by atoms with Gasteiger partial charge in [-0.05, 0) is 36.2 Å². The van der Waals surface area contributed by atoms with E-state index in [1.807, 2.05) is 30.6 Å². The number of pyridine rings is 1. The molecule has 0 aliphatic heterocycles. The van der Waals surface area contributed by atoms with Crippen molar-refractivity contribution in [2.24, 2.45) is 0 Å². The molecule has 0 amide bonds. The summed E-state index contributed by atoms with van der Waals surface area (Å²) in [4.78, 5) is 3.99. The SMILES string of the molecule is c1ccc(CCNCc2ccncc2)cc1. The van der Waals surface area contributed by atoms with Gasteiger partial charge in [-0.25, -0.2) is 0 Å². The lowest BCUT2D eigenvalue weighted by Gasteiger charge is -2.04. The topological polar surface area (TPSA) is 24.9 Å². The molecule has 16 heavy (non-hydrogen) atoms. The molecule has 0 saturated heterocycles. The molecule has 82 valence electrons. The van der Waals surface area contributed by atoms with Gasteiger partial charge < -0.3 is 5.32 Å². The van der Waals surface area contributed by atoms with Crippen molar-refractivity contribution in [2.75, 3.05) is 6.54 Å². The molecule has 0 aliphatic carbocycles. The molecular formula is C14H16N2. The molecule has 0 atom stereocenters. The minimum atomic E-state index is 0.912. The second-order valence-electron chi connectivity index (χ2n) is 3.77. The monoisotopic (exact) mass is 212 g/mol. The van der Waals surface area contributed by atoms with Crippen molar-refractivity contribution < 1.29 is 0 Å². The van der Waals surface area contributed by atoms with Crippen molar-refractivity contribution in [3.8, 4) is 0 Å². The largest absolute Gasteiger partial charge is 0.312 e. The van der Waals surface area contributed by atoms with E-state index in [2.05, 4.69) is 34.6 Å². The third-order valence-corrected chi connectivity index (χ3v) is 2.51. The summed E-state index contributed by atoms with van der Waals surface area (Å²) >= 11 is 0. The van der Waals surface area contributed by atoms with Crippen LogP contribution in [-0.2, 0) is 13.0 Å². The van der Waals surface area contributed by atoms with Gasteiger partial charge in [-0.2, -0.15) is 0 Å². The Bertz CT molecular complexity index is 356. The van der Waals surface area contributed by atoms with Crippen molar-refractivity contribution >= 4 is 0 Å². The minimum absolute atomic E-state index is 0.912. The van der Waals surface area contributed by atoms with Gasteiger partial charge in [-0.15, -0.1) is 0 Å². The maximum atomic E-state index is 3.99. The number of benzene rings is 1. The highest BCUT2D eigenvalue weighted by Crippen LogP contribution is 1.99. The molecule has 2 heteroatoms. The molecule has 2 rings (SSSR count). The van der Waals surface area contributed by atoms with E-state index in [1.54, 1.807) is 0 Å². The summed E-state index contributed by atoms with van der Waals surface area (Å²) in [7, 11) is 0. The van der Waals surface area contributed by atoms with Crippen molar-refractivity contribution in [3.63, 3.8) is 0 Å². The highest BCUT2D eigenvalue weighted by Gasteiger charge is 1.92. The average Bonchev–Trinajstić information content (AvgIpc) is 2.37. The van der Waals surface area contributed by atoms with Crippen molar-refractivity contribution in [2.45, 2.75) is 13.0 Å². The van der Waals surface area contributed by atoms with Crippen LogP contribution in [0.1, 0.15) is 11.1 Å². The van der Waals surface area contributed by atoms with Crippen LogP contribution in [0.15, 0.2) is 54.9 Å². The Morgan fingerprint density at radius 1 is 0.875 bits per heavy atom. The van der Waals surface area contributed by atoms with Crippen molar-refractivity contribution in [1.82, 2.24) is 10.3 Å². The van der Waals surface area contributed by atoms with Crippen LogP contribution >= 0.6 is 0 Å². The fourth-order valence-corrected chi connectivity index (χ4v) is 1.61. The normalized spacial score (nSPS) is 10.2. The van der Waals surface area contributed by atoms with Gasteiger partial charge in [0.2, 0.25) is 0 Å². The van der Waals surface area contributed by atoms with Crippen molar-refractivity contribution in [1.29, 1.82) is 0 Å². The molecule has 1 aromatic heterocycles. The van der Waals surface area contributed by atoms with E-state index in [-0.39, 0.29) is 0 Å². The van der Waals surface area contributed by atoms with Crippen LogP contribution < -0.4 is 5.32 Å². The Hall–Kier alpha value is -1.67. The van der Waals surface area contributed by atoms with Gasteiger partial charge in [0.05, 0.1) is 0 Å². The first-order valence-electron chi connectivity index (χ1n) is 5.59. The summed E-state index contributed by atoms with van der Waals surface area (Å²) in [6.07, 6.45) is 4.73. The highest BCUT2D eigenvalue weighted by molar-refractivity contribution is 5.15. The quantitative estimate of drug-likeness (QED) is 0.770. The van der Waals surface area contributed by atoms with Gasteiger partial charge >= 0.3 is 0 Å². The Morgan fingerprint density at radius 3 is 2.38 bits per heavy atom. The minimum Gasteiger partial charge on any atom is -0.312 e. The first kappa shape index (κ1) is 10.8. The lowest BCUT2D eigenvalue weighted by Crippen LogP contribution is -2.16. The van der Waals surface area contributed by atoms with Gasteiger partial charge in [-0.1, -0.05) is 30.3 Å². The lowest BCUT2D eigenvalue weighted by atomic mass is 10.1.